The number of imidazole rings is 1. The van der Waals surface area contributed by atoms with Crippen molar-refractivity contribution in [2.45, 2.75) is 37.9 Å². The Morgan fingerprint density at radius 2 is 1.62 bits per heavy atom. The minimum absolute atomic E-state index is 0.168. The monoisotopic (exact) mass is 632 g/mol. The first-order valence-corrected chi connectivity index (χ1v) is 14.2. The minimum Gasteiger partial charge on any atom is -0.349 e. The molecule has 45 heavy (non-hydrogen) atoms. The van der Waals surface area contributed by atoms with Crippen molar-refractivity contribution >= 4 is 22.8 Å². The molecule has 1 aliphatic rings. The molecule has 0 spiro atoms. The number of nitrogens with zero attached hydrogens (tertiary/aromatic N) is 10. The van der Waals surface area contributed by atoms with E-state index in [1.54, 1.807) is 17.1 Å². The van der Waals surface area contributed by atoms with Crippen molar-refractivity contribution < 1.29 is 26.3 Å². The molecule has 1 saturated heterocycles. The van der Waals surface area contributed by atoms with E-state index in [-0.39, 0.29) is 6.04 Å². The molecule has 238 valence electrons. The Balaban J connectivity index is 1.33. The summed E-state index contributed by atoms with van der Waals surface area (Å²) in [6.45, 7) is 4.73. The highest BCUT2D eigenvalue weighted by Crippen LogP contribution is 2.36. The lowest BCUT2D eigenvalue weighted by Crippen LogP contribution is -2.53. The van der Waals surface area contributed by atoms with Crippen LogP contribution in [0.4, 0.5) is 32.2 Å². The van der Waals surface area contributed by atoms with E-state index >= 15 is 0 Å². The molecule has 0 aliphatic carbocycles. The van der Waals surface area contributed by atoms with Gasteiger partial charge in [-0.2, -0.15) is 31.3 Å². The Bertz CT molecular complexity index is 1720. The lowest BCUT2D eigenvalue weighted by molar-refractivity contribution is -0.138. The van der Waals surface area contributed by atoms with Gasteiger partial charge < -0.3 is 14.4 Å². The van der Waals surface area contributed by atoms with Crippen LogP contribution in [0.3, 0.4) is 0 Å². The zero-order chi connectivity index (χ0) is 32.1. The SMILES string of the molecule is CC1CN(C(c2ccc(C(F)(F)F)cc2)c2ccc(C(F)(F)F)cn2)CCN1c1nc2nncn2c2c1ncn2CCN(C)C. The van der Waals surface area contributed by atoms with Crippen molar-refractivity contribution in [2.24, 2.45) is 0 Å². The molecule has 0 N–H and O–H groups in total. The number of likely N-dealkylation sites (N-methyl/N-ethyl adjacent to an activating group) is 1. The number of benzene rings is 1. The Morgan fingerprint density at radius 3 is 2.24 bits per heavy atom. The Kier molecular flexibility index (Phi) is 7.89. The van der Waals surface area contributed by atoms with Gasteiger partial charge in [0.1, 0.15) is 11.8 Å². The number of piperazine rings is 1. The summed E-state index contributed by atoms with van der Waals surface area (Å²) in [5, 5.41) is 8.22. The standard InChI is InChI=1S/C29H30F6N10/c1-18-15-42(24(19-4-6-20(7-5-19)28(30,31)32)22-9-8-21(14-36-22)29(33,34)35)12-13-44(18)25-23-26(45-17-38-40-27(45)39-25)43(16-37-23)11-10-41(2)3/h4-9,14,16-18,24H,10-13,15H2,1-3H3. The molecule has 0 saturated carbocycles. The largest absolute Gasteiger partial charge is 0.417 e. The maximum Gasteiger partial charge on any atom is 0.417 e. The third-order valence-electron chi connectivity index (χ3n) is 8.02. The average molecular weight is 633 g/mol. The smallest absolute Gasteiger partial charge is 0.349 e. The molecular formula is C29H30F6N10. The van der Waals surface area contributed by atoms with Crippen LogP contribution in [0, 0.1) is 0 Å². The van der Waals surface area contributed by atoms with Gasteiger partial charge in [-0.3, -0.25) is 9.88 Å². The molecule has 0 radical (unpaired) electrons. The lowest BCUT2D eigenvalue weighted by Gasteiger charge is -2.43. The van der Waals surface area contributed by atoms with E-state index in [1.807, 2.05) is 30.5 Å². The van der Waals surface area contributed by atoms with Gasteiger partial charge in [0, 0.05) is 45.0 Å². The van der Waals surface area contributed by atoms with Crippen LogP contribution < -0.4 is 4.90 Å². The molecule has 2 atom stereocenters. The van der Waals surface area contributed by atoms with E-state index in [4.69, 9.17) is 9.97 Å². The molecule has 6 rings (SSSR count). The average Bonchev–Trinajstić information content (AvgIpc) is 3.63. The van der Waals surface area contributed by atoms with E-state index in [0.717, 1.165) is 36.6 Å². The second-order valence-corrected chi connectivity index (χ2v) is 11.4. The summed E-state index contributed by atoms with van der Waals surface area (Å²) in [6, 6.07) is 6.05. The van der Waals surface area contributed by atoms with Crippen LogP contribution in [0.1, 0.15) is 35.3 Å². The van der Waals surface area contributed by atoms with Gasteiger partial charge >= 0.3 is 12.4 Å². The zero-order valence-corrected chi connectivity index (χ0v) is 24.6. The Morgan fingerprint density at radius 1 is 0.911 bits per heavy atom. The van der Waals surface area contributed by atoms with Crippen LogP contribution in [0.5, 0.6) is 0 Å². The topological polar surface area (TPSA) is 83.5 Å². The van der Waals surface area contributed by atoms with Crippen LogP contribution >= 0.6 is 0 Å². The lowest BCUT2D eigenvalue weighted by atomic mass is 9.97. The number of fused-ring (bicyclic) bond motifs is 3. The van der Waals surface area contributed by atoms with Crippen molar-refractivity contribution in [1.82, 2.24) is 43.9 Å². The maximum atomic E-state index is 13.3. The predicted molar refractivity (Wildman–Crippen MR) is 154 cm³/mol. The molecule has 1 aliphatic heterocycles. The number of pyridine rings is 1. The number of anilines is 1. The van der Waals surface area contributed by atoms with Gasteiger partial charge in [0.15, 0.2) is 11.5 Å². The molecule has 0 amide bonds. The van der Waals surface area contributed by atoms with Gasteiger partial charge in [-0.1, -0.05) is 12.1 Å². The van der Waals surface area contributed by atoms with Crippen molar-refractivity contribution in [3.8, 4) is 0 Å². The first-order chi connectivity index (χ1) is 21.3. The molecule has 1 aromatic carbocycles. The van der Waals surface area contributed by atoms with Crippen LogP contribution in [-0.4, -0.2) is 90.2 Å². The number of halogens is 6. The van der Waals surface area contributed by atoms with Gasteiger partial charge in [0.25, 0.3) is 5.78 Å². The van der Waals surface area contributed by atoms with Crippen molar-refractivity contribution in [3.05, 3.63) is 77.6 Å². The molecule has 1 fully saturated rings. The van der Waals surface area contributed by atoms with Gasteiger partial charge in [0.05, 0.1) is 29.2 Å². The first kappa shape index (κ1) is 30.7. The highest BCUT2D eigenvalue weighted by molar-refractivity contribution is 5.86. The summed E-state index contributed by atoms with van der Waals surface area (Å²) in [4.78, 5) is 19.8. The number of aromatic nitrogens is 7. The van der Waals surface area contributed by atoms with E-state index in [9.17, 15) is 26.3 Å². The maximum absolute atomic E-state index is 13.3. The summed E-state index contributed by atoms with van der Waals surface area (Å²) in [5.74, 6) is 1.04. The van der Waals surface area contributed by atoms with Gasteiger partial charge in [-0.15, -0.1) is 10.2 Å². The summed E-state index contributed by atoms with van der Waals surface area (Å²) in [7, 11) is 3.97. The van der Waals surface area contributed by atoms with Crippen LogP contribution in [-0.2, 0) is 18.9 Å². The second-order valence-electron chi connectivity index (χ2n) is 11.4. The van der Waals surface area contributed by atoms with Crippen molar-refractivity contribution in [3.63, 3.8) is 0 Å². The van der Waals surface area contributed by atoms with Crippen molar-refractivity contribution in [2.75, 3.05) is 45.2 Å². The minimum atomic E-state index is -4.57. The molecule has 0 bridgehead atoms. The zero-order valence-electron chi connectivity index (χ0n) is 24.6. The quantitative estimate of drug-likeness (QED) is 0.238. The third-order valence-corrected chi connectivity index (χ3v) is 8.02. The number of alkyl halides is 6. The van der Waals surface area contributed by atoms with Gasteiger partial charge in [-0.05, 0) is 50.8 Å². The molecule has 4 aromatic heterocycles. The second kappa shape index (κ2) is 11.6. The van der Waals surface area contributed by atoms with E-state index in [1.165, 1.54) is 18.2 Å². The predicted octanol–water partition coefficient (Wildman–Crippen LogP) is 4.77. The molecule has 10 nitrogen and oxygen atoms in total. The molecule has 2 unspecified atom stereocenters. The van der Waals surface area contributed by atoms with E-state index in [2.05, 4.69) is 25.0 Å². The van der Waals surface area contributed by atoms with Crippen LogP contribution in [0.25, 0.3) is 16.9 Å². The fraction of sp³-hybridized carbons (Fsp3) is 0.414. The fourth-order valence-electron chi connectivity index (χ4n) is 5.75. The third kappa shape index (κ3) is 6.03. The number of rotatable bonds is 7. The number of hydrogen-bond donors (Lipinski definition) is 0. The molecule has 5 heterocycles. The highest BCUT2D eigenvalue weighted by atomic mass is 19.4. The normalized spacial score (nSPS) is 17.6. The fourth-order valence-corrected chi connectivity index (χ4v) is 5.75. The summed E-state index contributed by atoms with van der Waals surface area (Å²) in [6.07, 6.45) is -4.98. The number of hydrogen-bond acceptors (Lipinski definition) is 8. The van der Waals surface area contributed by atoms with E-state index in [0.29, 0.717) is 54.5 Å². The summed E-state index contributed by atoms with van der Waals surface area (Å²) in [5.41, 5.74) is 0.541. The molecule has 5 aromatic rings. The summed E-state index contributed by atoms with van der Waals surface area (Å²) < 4.78 is 83.6. The van der Waals surface area contributed by atoms with Gasteiger partial charge in [-0.25, -0.2) is 9.38 Å². The van der Waals surface area contributed by atoms with Crippen molar-refractivity contribution in [1.29, 1.82) is 0 Å². The van der Waals surface area contributed by atoms with Gasteiger partial charge in [0.2, 0.25) is 0 Å². The van der Waals surface area contributed by atoms with Crippen LogP contribution in [0.15, 0.2) is 55.2 Å². The first-order valence-electron chi connectivity index (χ1n) is 14.2. The Hall–Kier alpha value is -4.31. The van der Waals surface area contributed by atoms with E-state index < -0.39 is 29.5 Å². The Labute approximate surface area is 253 Å². The highest BCUT2D eigenvalue weighted by Gasteiger charge is 2.36. The molecular weight excluding hydrogens is 602 g/mol. The van der Waals surface area contributed by atoms with Crippen LogP contribution in [0.2, 0.25) is 0 Å². The molecule has 16 heteroatoms. The summed E-state index contributed by atoms with van der Waals surface area (Å²) >= 11 is 0.